The van der Waals surface area contributed by atoms with E-state index in [1.807, 2.05) is 36.1 Å². The van der Waals surface area contributed by atoms with E-state index in [4.69, 9.17) is 4.74 Å². The van der Waals surface area contributed by atoms with Gasteiger partial charge in [0.2, 0.25) is 4.96 Å². The van der Waals surface area contributed by atoms with Gasteiger partial charge >= 0.3 is 0 Å². The minimum atomic E-state index is -0.356. The van der Waals surface area contributed by atoms with Crippen LogP contribution in [-0.4, -0.2) is 58.2 Å². The van der Waals surface area contributed by atoms with Crippen molar-refractivity contribution in [1.82, 2.24) is 19.5 Å². The molecule has 1 aliphatic rings. The summed E-state index contributed by atoms with van der Waals surface area (Å²) < 4.78 is 19.8. The quantitative estimate of drug-likeness (QED) is 0.438. The van der Waals surface area contributed by atoms with Crippen molar-refractivity contribution >= 4 is 28.0 Å². The van der Waals surface area contributed by atoms with Gasteiger partial charge in [0.15, 0.2) is 6.61 Å². The number of ether oxygens (including phenoxy) is 1. The van der Waals surface area contributed by atoms with E-state index >= 15 is 0 Å². The molecular weight excluding hydrogens is 457 g/mol. The van der Waals surface area contributed by atoms with Gasteiger partial charge in [0.25, 0.3) is 11.5 Å². The van der Waals surface area contributed by atoms with E-state index in [-0.39, 0.29) is 23.9 Å². The molecule has 8 nitrogen and oxygen atoms in total. The summed E-state index contributed by atoms with van der Waals surface area (Å²) >= 11 is 1.37. The zero-order valence-corrected chi connectivity index (χ0v) is 19.3. The fraction of sp³-hybridized carbons (Fsp3) is 0.250. The molecule has 1 amide bonds. The van der Waals surface area contributed by atoms with E-state index in [1.54, 1.807) is 4.90 Å². The van der Waals surface area contributed by atoms with Crippen LogP contribution in [0, 0.1) is 12.7 Å². The molecule has 1 aliphatic heterocycles. The Kier molecular flexibility index (Phi) is 5.97. The first kappa shape index (κ1) is 22.0. The highest BCUT2D eigenvalue weighted by Crippen LogP contribution is 2.26. The van der Waals surface area contributed by atoms with E-state index in [1.165, 1.54) is 46.2 Å². The number of piperazine rings is 1. The van der Waals surface area contributed by atoms with Crippen LogP contribution in [0.1, 0.15) is 5.56 Å². The highest BCUT2D eigenvalue weighted by atomic mass is 32.1. The summed E-state index contributed by atoms with van der Waals surface area (Å²) in [7, 11) is 0. The first-order valence-electron chi connectivity index (χ1n) is 10.9. The second-order valence-electron chi connectivity index (χ2n) is 8.03. The van der Waals surface area contributed by atoms with Crippen molar-refractivity contribution in [3.63, 3.8) is 0 Å². The van der Waals surface area contributed by atoms with E-state index in [2.05, 4.69) is 10.1 Å². The van der Waals surface area contributed by atoms with E-state index in [9.17, 15) is 14.0 Å². The summed E-state index contributed by atoms with van der Waals surface area (Å²) in [4.78, 5) is 34.1. The molecule has 0 N–H and O–H groups in total. The Hall–Kier alpha value is -3.79. The Balaban J connectivity index is 1.25. The lowest BCUT2D eigenvalue weighted by atomic mass is 10.1. The maximum Gasteiger partial charge on any atom is 0.277 e. The van der Waals surface area contributed by atoms with Crippen LogP contribution in [0.3, 0.4) is 0 Å². The van der Waals surface area contributed by atoms with Gasteiger partial charge in [-0.25, -0.2) is 9.37 Å². The Labute approximate surface area is 198 Å². The number of anilines is 1. The molecule has 0 bridgehead atoms. The molecule has 3 heterocycles. The average molecular weight is 480 g/mol. The van der Waals surface area contributed by atoms with Gasteiger partial charge in [0, 0.05) is 37.8 Å². The fourth-order valence-corrected chi connectivity index (χ4v) is 4.70. The SMILES string of the molecule is Cc1cccc(-c2nn3c(=O)cc(N4CCN(C(=O)COc5ccc(F)cc5)CC4)nc3s2)c1. The topological polar surface area (TPSA) is 80.0 Å². The molecule has 10 heteroatoms. The third kappa shape index (κ3) is 4.62. The van der Waals surface area contributed by atoms with Gasteiger partial charge in [0.1, 0.15) is 22.4 Å². The predicted octanol–water partition coefficient (Wildman–Crippen LogP) is 2.99. The number of benzene rings is 2. The van der Waals surface area contributed by atoms with Crippen LogP contribution < -0.4 is 15.2 Å². The number of amides is 1. The maximum atomic E-state index is 13.0. The molecule has 0 saturated carbocycles. The van der Waals surface area contributed by atoms with E-state index in [0.29, 0.717) is 42.7 Å². The zero-order chi connectivity index (χ0) is 23.7. The standard InChI is InChI=1S/C24H22FN5O3S/c1-16-3-2-4-17(13-16)23-27-30-21(31)14-20(26-24(30)34-23)28-9-11-29(12-10-28)22(32)15-33-19-7-5-18(25)6-8-19/h2-8,13-14H,9-12,15H2,1H3. The van der Waals surface area contributed by atoms with Crippen molar-refractivity contribution < 1.29 is 13.9 Å². The molecule has 1 saturated heterocycles. The van der Waals surface area contributed by atoms with Crippen molar-refractivity contribution in [3.05, 3.63) is 76.3 Å². The third-order valence-corrected chi connectivity index (χ3v) is 6.59. The lowest BCUT2D eigenvalue weighted by molar-refractivity contribution is -0.133. The summed E-state index contributed by atoms with van der Waals surface area (Å²) in [5.74, 6) is 0.531. The highest BCUT2D eigenvalue weighted by Gasteiger charge is 2.23. The van der Waals surface area contributed by atoms with E-state index in [0.717, 1.165) is 16.1 Å². The summed E-state index contributed by atoms with van der Waals surface area (Å²) in [5, 5.41) is 5.19. The molecule has 4 aromatic rings. The number of carbonyl (C=O) groups is 1. The van der Waals surface area contributed by atoms with Gasteiger partial charge in [-0.3, -0.25) is 9.59 Å². The summed E-state index contributed by atoms with van der Waals surface area (Å²) in [5.41, 5.74) is 1.83. The number of hydrogen-bond donors (Lipinski definition) is 0. The van der Waals surface area contributed by atoms with Crippen LogP contribution in [0.25, 0.3) is 15.5 Å². The van der Waals surface area contributed by atoms with Crippen LogP contribution in [-0.2, 0) is 4.79 Å². The molecule has 0 aliphatic carbocycles. The first-order valence-corrected chi connectivity index (χ1v) is 11.7. The number of hydrogen-bond acceptors (Lipinski definition) is 7. The van der Waals surface area contributed by atoms with Gasteiger partial charge in [0.05, 0.1) is 0 Å². The maximum absolute atomic E-state index is 13.0. The monoisotopic (exact) mass is 479 g/mol. The van der Waals surface area contributed by atoms with Gasteiger partial charge < -0.3 is 14.5 Å². The number of aryl methyl sites for hydroxylation is 1. The Morgan fingerprint density at radius 2 is 1.85 bits per heavy atom. The lowest BCUT2D eigenvalue weighted by Crippen LogP contribution is -2.50. The number of carbonyl (C=O) groups excluding carboxylic acids is 1. The molecule has 0 radical (unpaired) electrons. The number of fused-ring (bicyclic) bond motifs is 1. The molecule has 1 fully saturated rings. The van der Waals surface area contributed by atoms with Gasteiger partial charge in [-0.2, -0.15) is 9.61 Å². The highest BCUT2D eigenvalue weighted by molar-refractivity contribution is 7.19. The van der Waals surface area contributed by atoms with Crippen molar-refractivity contribution in [1.29, 1.82) is 0 Å². The molecule has 0 atom stereocenters. The Morgan fingerprint density at radius 1 is 1.09 bits per heavy atom. The molecule has 34 heavy (non-hydrogen) atoms. The molecule has 2 aromatic heterocycles. The minimum Gasteiger partial charge on any atom is -0.484 e. The molecule has 0 unspecified atom stereocenters. The molecule has 5 rings (SSSR count). The summed E-state index contributed by atoms with van der Waals surface area (Å²) in [6.45, 7) is 3.98. The van der Waals surface area contributed by atoms with Gasteiger partial charge in [-0.1, -0.05) is 35.1 Å². The molecule has 174 valence electrons. The van der Waals surface area contributed by atoms with Gasteiger partial charge in [-0.05, 0) is 37.3 Å². The first-order chi connectivity index (χ1) is 16.5. The number of halogens is 1. The number of rotatable bonds is 5. The van der Waals surface area contributed by atoms with Crippen molar-refractivity contribution in [3.8, 4) is 16.3 Å². The van der Waals surface area contributed by atoms with Crippen molar-refractivity contribution in [2.45, 2.75) is 6.92 Å². The smallest absolute Gasteiger partial charge is 0.277 e. The van der Waals surface area contributed by atoms with Crippen LogP contribution in [0.15, 0.2) is 59.4 Å². The predicted molar refractivity (Wildman–Crippen MR) is 128 cm³/mol. The van der Waals surface area contributed by atoms with Crippen molar-refractivity contribution in [2.24, 2.45) is 0 Å². The van der Waals surface area contributed by atoms with Crippen LogP contribution in [0.2, 0.25) is 0 Å². The summed E-state index contributed by atoms with van der Waals surface area (Å²) in [6, 6.07) is 15.0. The Bertz CT molecular complexity index is 1390. The van der Waals surface area contributed by atoms with Gasteiger partial charge in [-0.15, -0.1) is 0 Å². The van der Waals surface area contributed by atoms with Crippen LogP contribution in [0.4, 0.5) is 10.2 Å². The zero-order valence-electron chi connectivity index (χ0n) is 18.5. The lowest BCUT2D eigenvalue weighted by Gasteiger charge is -2.35. The average Bonchev–Trinajstić information content (AvgIpc) is 3.29. The fourth-order valence-electron chi connectivity index (χ4n) is 3.81. The normalized spacial score (nSPS) is 13.9. The Morgan fingerprint density at radius 3 is 2.59 bits per heavy atom. The van der Waals surface area contributed by atoms with Crippen molar-refractivity contribution in [2.75, 3.05) is 37.7 Å². The third-order valence-electron chi connectivity index (χ3n) is 5.63. The van der Waals surface area contributed by atoms with Crippen LogP contribution >= 0.6 is 11.3 Å². The summed E-state index contributed by atoms with van der Waals surface area (Å²) in [6.07, 6.45) is 0. The largest absolute Gasteiger partial charge is 0.484 e. The number of aromatic nitrogens is 3. The molecule has 2 aromatic carbocycles. The van der Waals surface area contributed by atoms with E-state index < -0.39 is 0 Å². The molecular formula is C24H22FN5O3S. The molecule has 0 spiro atoms. The minimum absolute atomic E-state index is 0.111. The second-order valence-corrected chi connectivity index (χ2v) is 8.99. The van der Waals surface area contributed by atoms with Crippen LogP contribution in [0.5, 0.6) is 5.75 Å². The second kappa shape index (κ2) is 9.22. The number of nitrogens with zero attached hydrogens (tertiary/aromatic N) is 5.